The van der Waals surface area contributed by atoms with E-state index in [-0.39, 0.29) is 54.0 Å². The Morgan fingerprint density at radius 2 is 1.57 bits per heavy atom. The first-order valence-electron chi connectivity index (χ1n) is 15.4. The number of aliphatic hydroxyl groups excluding tert-OH is 2. The van der Waals surface area contributed by atoms with E-state index in [1.54, 1.807) is 0 Å². The maximum absolute atomic E-state index is 13.6. The molecule has 1 unspecified atom stereocenters. The molecule has 3 aliphatic carbocycles. The highest BCUT2D eigenvalue weighted by atomic mass is 16.3. The van der Waals surface area contributed by atoms with Gasteiger partial charge in [0.25, 0.3) is 0 Å². The quantitative estimate of drug-likeness (QED) is 0.298. The van der Waals surface area contributed by atoms with Crippen LogP contribution in [0.3, 0.4) is 0 Å². The van der Waals surface area contributed by atoms with Crippen molar-refractivity contribution < 1.29 is 24.6 Å². The highest BCUT2D eigenvalue weighted by molar-refractivity contribution is 5.89. The molecule has 2 bridgehead atoms. The molecular weight excluding hydrogens is 530 g/mol. The molecule has 226 valence electrons. The molecule has 0 radical (unpaired) electrons. The van der Waals surface area contributed by atoms with E-state index in [0.717, 1.165) is 36.0 Å². The number of carbonyl (C=O) groups is 3. The number of rotatable bonds is 10. The Balaban J connectivity index is 1.23. The summed E-state index contributed by atoms with van der Waals surface area (Å²) >= 11 is 0. The number of carbonyl (C=O) groups excluding carboxylic acids is 3. The molecule has 5 N–H and O–H groups in total. The molecule has 0 aliphatic heterocycles. The van der Waals surface area contributed by atoms with Crippen molar-refractivity contribution in [1.29, 1.82) is 0 Å². The van der Waals surface area contributed by atoms with Gasteiger partial charge in [0.2, 0.25) is 17.7 Å². The highest BCUT2D eigenvalue weighted by Crippen LogP contribution is 2.52. The van der Waals surface area contributed by atoms with Gasteiger partial charge in [0.05, 0.1) is 30.1 Å². The fourth-order valence-corrected chi connectivity index (χ4v) is 7.45. The molecule has 2 aromatic carbocycles. The van der Waals surface area contributed by atoms with Crippen molar-refractivity contribution in [2.75, 3.05) is 6.54 Å². The van der Waals surface area contributed by atoms with E-state index in [0.29, 0.717) is 12.8 Å². The summed E-state index contributed by atoms with van der Waals surface area (Å²) in [6, 6.07) is 16.9. The molecule has 0 aromatic heterocycles. The fourth-order valence-electron chi connectivity index (χ4n) is 7.45. The van der Waals surface area contributed by atoms with E-state index in [4.69, 9.17) is 0 Å². The van der Waals surface area contributed by atoms with Gasteiger partial charge in [0.15, 0.2) is 0 Å². The predicted octanol–water partition coefficient (Wildman–Crippen LogP) is 3.06. The van der Waals surface area contributed by atoms with Crippen molar-refractivity contribution in [2.24, 2.45) is 29.6 Å². The lowest BCUT2D eigenvalue weighted by Crippen LogP contribution is -2.50. The van der Waals surface area contributed by atoms with Crippen LogP contribution < -0.4 is 16.0 Å². The molecule has 3 aliphatic rings. The van der Waals surface area contributed by atoms with E-state index in [9.17, 15) is 24.6 Å². The second kappa shape index (κ2) is 12.6. The monoisotopic (exact) mass is 575 g/mol. The van der Waals surface area contributed by atoms with Crippen LogP contribution in [0.25, 0.3) is 0 Å². The summed E-state index contributed by atoms with van der Waals surface area (Å²) in [5.74, 6) is -1.41. The van der Waals surface area contributed by atoms with E-state index >= 15 is 0 Å². The fraction of sp³-hybridized carbons (Fsp3) is 0.559. The van der Waals surface area contributed by atoms with Gasteiger partial charge in [-0.25, -0.2) is 0 Å². The normalized spacial score (nSPS) is 27.6. The number of benzene rings is 2. The largest absolute Gasteiger partial charge is 0.391 e. The maximum Gasteiger partial charge on any atom is 0.224 e. The Morgan fingerprint density at radius 3 is 2.26 bits per heavy atom. The first kappa shape index (κ1) is 30.2. The maximum atomic E-state index is 13.6. The Labute approximate surface area is 248 Å². The van der Waals surface area contributed by atoms with Crippen molar-refractivity contribution >= 4 is 17.7 Å². The summed E-state index contributed by atoms with van der Waals surface area (Å²) in [6.07, 6.45) is 2.19. The molecule has 42 heavy (non-hydrogen) atoms. The lowest BCUT2D eigenvalue weighted by atomic mass is 9.77. The van der Waals surface area contributed by atoms with Gasteiger partial charge in [-0.2, -0.15) is 0 Å². The van der Waals surface area contributed by atoms with Gasteiger partial charge in [-0.15, -0.1) is 0 Å². The first-order chi connectivity index (χ1) is 20.0. The molecular formula is C34H45N3O5. The molecule has 2 fully saturated rings. The number of amides is 3. The van der Waals surface area contributed by atoms with Gasteiger partial charge < -0.3 is 26.2 Å². The van der Waals surface area contributed by atoms with Crippen molar-refractivity contribution in [3.05, 3.63) is 71.3 Å². The van der Waals surface area contributed by atoms with Crippen molar-refractivity contribution in [3.8, 4) is 0 Å². The second-order valence-electron chi connectivity index (χ2n) is 13.6. The number of fused-ring (bicyclic) bond motifs is 3. The third kappa shape index (κ3) is 6.87. The minimum Gasteiger partial charge on any atom is -0.391 e. The van der Waals surface area contributed by atoms with Crippen LogP contribution in [-0.4, -0.2) is 52.2 Å². The molecule has 8 heteroatoms. The summed E-state index contributed by atoms with van der Waals surface area (Å²) in [5, 5.41) is 30.8. The highest BCUT2D eigenvalue weighted by Gasteiger charge is 2.54. The van der Waals surface area contributed by atoms with Crippen LogP contribution in [-0.2, 0) is 27.2 Å². The predicted molar refractivity (Wildman–Crippen MR) is 160 cm³/mol. The Morgan fingerprint density at radius 1 is 0.929 bits per heavy atom. The number of aliphatic hydroxyl groups is 2. The zero-order chi connectivity index (χ0) is 30.0. The van der Waals surface area contributed by atoms with Gasteiger partial charge in [0, 0.05) is 24.4 Å². The number of nitrogens with one attached hydrogen (secondary N) is 3. The summed E-state index contributed by atoms with van der Waals surface area (Å²) in [4.78, 5) is 40.1. The third-order valence-corrected chi connectivity index (χ3v) is 9.29. The number of hydrogen-bond donors (Lipinski definition) is 5. The average Bonchev–Trinajstić information content (AvgIpc) is 3.64. The SMILES string of the molecule is CC(C)(C)NC(=O)[C@@H]1[C@@H]2CC[C@@H](C2)[C@H]1C(=O)NC[C@@H](O)C[C@@H](Cc1ccccc1)C(=O)NC1c2ccccc2C[C@H]1O. The zero-order valence-electron chi connectivity index (χ0n) is 24.9. The standard InChI is InChI=1S/C34H45N3O5/c1-34(2,3)37-33(42)29-23-14-13-22(16-23)28(29)32(41)35-19-25(38)17-24(15-20-9-5-4-6-10-20)31(40)36-30-26-12-8-7-11-21(26)18-27(30)39/h4-12,22-25,27-30,38-39H,13-19H2,1-3H3,(H,35,41)(H,36,40)(H,37,42)/t22-,23+,24+,25-,27+,28+,29+,30?/m0/s1. The van der Waals surface area contributed by atoms with Crippen LogP contribution in [0, 0.1) is 29.6 Å². The smallest absolute Gasteiger partial charge is 0.224 e. The van der Waals surface area contributed by atoms with Crippen LogP contribution in [0.5, 0.6) is 0 Å². The average molecular weight is 576 g/mol. The van der Waals surface area contributed by atoms with Crippen LogP contribution in [0.4, 0.5) is 0 Å². The van der Waals surface area contributed by atoms with Gasteiger partial charge in [-0.05, 0) is 81.4 Å². The van der Waals surface area contributed by atoms with Crippen LogP contribution in [0.2, 0.25) is 0 Å². The van der Waals surface area contributed by atoms with Crippen LogP contribution in [0.15, 0.2) is 54.6 Å². The summed E-state index contributed by atoms with van der Waals surface area (Å²) in [5.41, 5.74) is 2.53. The van der Waals surface area contributed by atoms with Crippen molar-refractivity contribution in [3.63, 3.8) is 0 Å². The molecule has 5 rings (SSSR count). The van der Waals surface area contributed by atoms with Crippen LogP contribution in [0.1, 0.15) is 69.2 Å². The summed E-state index contributed by atoms with van der Waals surface area (Å²) in [6.45, 7) is 5.83. The van der Waals surface area contributed by atoms with E-state index < -0.39 is 30.1 Å². The Hall–Kier alpha value is -3.23. The Bertz CT molecular complexity index is 1280. The molecule has 8 nitrogen and oxygen atoms in total. The lowest BCUT2D eigenvalue weighted by molar-refractivity contribution is -0.138. The summed E-state index contributed by atoms with van der Waals surface area (Å²) in [7, 11) is 0. The van der Waals surface area contributed by atoms with Crippen LogP contribution >= 0.6 is 0 Å². The first-order valence-corrected chi connectivity index (χ1v) is 15.4. The van der Waals surface area contributed by atoms with Crippen molar-refractivity contribution in [1.82, 2.24) is 16.0 Å². The van der Waals surface area contributed by atoms with E-state index in [1.165, 1.54) is 0 Å². The molecule has 8 atom stereocenters. The van der Waals surface area contributed by atoms with E-state index in [1.807, 2.05) is 75.4 Å². The number of hydrogen-bond acceptors (Lipinski definition) is 5. The minimum atomic E-state index is -0.949. The van der Waals surface area contributed by atoms with Gasteiger partial charge in [0.1, 0.15) is 0 Å². The molecule has 2 aromatic rings. The molecule has 3 amide bonds. The molecule has 2 saturated carbocycles. The van der Waals surface area contributed by atoms with Crippen molar-refractivity contribution in [2.45, 2.75) is 83.1 Å². The summed E-state index contributed by atoms with van der Waals surface area (Å²) < 4.78 is 0. The zero-order valence-corrected chi connectivity index (χ0v) is 24.9. The van der Waals surface area contributed by atoms with Gasteiger partial charge in [-0.3, -0.25) is 14.4 Å². The molecule has 0 saturated heterocycles. The second-order valence-corrected chi connectivity index (χ2v) is 13.6. The molecule has 0 heterocycles. The third-order valence-electron chi connectivity index (χ3n) is 9.29. The topological polar surface area (TPSA) is 128 Å². The minimum absolute atomic E-state index is 0.00772. The molecule has 0 spiro atoms. The van der Waals surface area contributed by atoms with Gasteiger partial charge >= 0.3 is 0 Å². The lowest BCUT2D eigenvalue weighted by Gasteiger charge is -2.32. The Kier molecular flexibility index (Phi) is 9.04. The van der Waals surface area contributed by atoms with E-state index in [2.05, 4.69) is 16.0 Å². The van der Waals surface area contributed by atoms with Gasteiger partial charge in [-0.1, -0.05) is 54.6 Å².